The molecule has 0 saturated carbocycles. The van der Waals surface area contributed by atoms with Crippen molar-refractivity contribution in [2.45, 2.75) is 27.2 Å². The molecule has 0 fully saturated rings. The van der Waals surface area contributed by atoms with Crippen molar-refractivity contribution in [1.29, 1.82) is 0 Å². The molecule has 0 bridgehead atoms. The molecule has 1 heterocycles. The van der Waals surface area contributed by atoms with Crippen LogP contribution in [0.1, 0.15) is 25.3 Å². The van der Waals surface area contributed by atoms with E-state index in [1.807, 2.05) is 6.92 Å². The summed E-state index contributed by atoms with van der Waals surface area (Å²) in [5, 5.41) is 0.801. The number of methoxy groups -OCH3 is 2. The van der Waals surface area contributed by atoms with Crippen molar-refractivity contribution in [1.82, 2.24) is 4.98 Å². The summed E-state index contributed by atoms with van der Waals surface area (Å²) in [7, 11) is 2.96. The first kappa shape index (κ1) is 14.7. The van der Waals surface area contributed by atoms with Crippen molar-refractivity contribution in [2.24, 2.45) is 0 Å². The minimum Gasteiger partial charge on any atom is -0.494 e. The van der Waals surface area contributed by atoms with Crippen LogP contribution in [0.25, 0.3) is 10.2 Å². The monoisotopic (exact) mass is 271 g/mol. The van der Waals surface area contributed by atoms with E-state index < -0.39 is 0 Å². The summed E-state index contributed by atoms with van der Waals surface area (Å²) in [5.41, 5.74) is 0.554. The van der Waals surface area contributed by atoms with Gasteiger partial charge in [-0.05, 0) is 6.92 Å². The van der Waals surface area contributed by atoms with E-state index in [9.17, 15) is 4.39 Å². The fraction of sp³-hybridized carbons (Fsp3) is 0.462. The minimum absolute atomic E-state index is 0.183. The lowest BCUT2D eigenvalue weighted by Gasteiger charge is -2.05. The van der Waals surface area contributed by atoms with E-state index in [-0.39, 0.29) is 11.6 Å². The molecular weight excluding hydrogens is 253 g/mol. The Labute approximate surface area is 111 Å². The van der Waals surface area contributed by atoms with Gasteiger partial charge in [0.25, 0.3) is 0 Å². The quantitative estimate of drug-likeness (QED) is 0.821. The Balaban J connectivity index is 0.000000492. The number of ether oxygens (including phenoxy) is 2. The highest BCUT2D eigenvalue weighted by atomic mass is 32.1. The Hall–Kier alpha value is -1.36. The molecule has 1 aromatic heterocycles. The maximum atomic E-state index is 13.8. The zero-order valence-electron chi connectivity index (χ0n) is 11.3. The summed E-state index contributed by atoms with van der Waals surface area (Å²) in [6.07, 6.45) is 1.25. The molecule has 5 heteroatoms. The molecule has 0 saturated heterocycles. The molecule has 100 valence electrons. The highest BCUT2D eigenvalue weighted by Gasteiger charge is 2.16. The van der Waals surface area contributed by atoms with Gasteiger partial charge in [-0.3, -0.25) is 0 Å². The number of nitrogens with zero attached hydrogens (tertiary/aromatic N) is 1. The summed E-state index contributed by atoms with van der Waals surface area (Å²) in [6.45, 7) is 6.08. The first-order chi connectivity index (χ1) is 8.58. The van der Waals surface area contributed by atoms with Gasteiger partial charge in [-0.15, -0.1) is 11.3 Å². The molecule has 0 aliphatic heterocycles. The molecular formula is C13H18FNO2S. The molecule has 18 heavy (non-hydrogen) atoms. The average Bonchev–Trinajstić information content (AvgIpc) is 2.73. The minimum atomic E-state index is -0.376. The molecule has 0 aliphatic rings. The fourth-order valence-corrected chi connectivity index (χ4v) is 2.28. The summed E-state index contributed by atoms with van der Waals surface area (Å²) < 4.78 is 24.3. The normalized spacial score (nSPS) is 9.89. The highest BCUT2D eigenvalue weighted by Crippen LogP contribution is 2.37. The van der Waals surface area contributed by atoms with Gasteiger partial charge < -0.3 is 9.47 Å². The van der Waals surface area contributed by atoms with Gasteiger partial charge in [-0.25, -0.2) is 9.37 Å². The number of benzene rings is 1. The Morgan fingerprint density at radius 3 is 2.28 bits per heavy atom. The van der Waals surface area contributed by atoms with Gasteiger partial charge in [0.2, 0.25) is 0 Å². The Kier molecular flexibility index (Phi) is 5.34. The first-order valence-electron chi connectivity index (χ1n) is 5.76. The van der Waals surface area contributed by atoms with Gasteiger partial charge in [-0.2, -0.15) is 0 Å². The third-order valence-electron chi connectivity index (χ3n) is 2.09. The SMILES string of the molecule is CCC.COc1cc(OC)c2nc(C)sc2c1F. The number of aryl methyl sites for hydroxylation is 1. The van der Waals surface area contributed by atoms with Gasteiger partial charge in [-0.1, -0.05) is 20.3 Å². The van der Waals surface area contributed by atoms with Crippen LogP contribution in [0.5, 0.6) is 11.5 Å². The fourth-order valence-electron chi connectivity index (χ4n) is 1.41. The molecule has 2 rings (SSSR count). The molecule has 0 aliphatic carbocycles. The van der Waals surface area contributed by atoms with Crippen LogP contribution in [-0.2, 0) is 0 Å². The van der Waals surface area contributed by atoms with Crippen LogP contribution in [0.3, 0.4) is 0 Å². The third kappa shape index (κ3) is 2.90. The second-order valence-corrected chi connectivity index (χ2v) is 4.92. The summed E-state index contributed by atoms with van der Waals surface area (Å²) in [4.78, 5) is 4.22. The smallest absolute Gasteiger partial charge is 0.184 e. The maximum absolute atomic E-state index is 13.8. The maximum Gasteiger partial charge on any atom is 0.184 e. The molecule has 1 aromatic carbocycles. The van der Waals surface area contributed by atoms with Gasteiger partial charge >= 0.3 is 0 Å². The molecule has 0 N–H and O–H groups in total. The standard InChI is InChI=1S/C10H10FNO2S.C3H8/c1-5-12-9-7(14-3)4-6(13-2)8(11)10(9)15-5;1-3-2/h4H,1-3H3;3H2,1-2H3. The predicted molar refractivity (Wildman–Crippen MR) is 73.4 cm³/mol. The number of rotatable bonds is 2. The number of halogens is 1. The van der Waals surface area contributed by atoms with E-state index >= 15 is 0 Å². The average molecular weight is 271 g/mol. The van der Waals surface area contributed by atoms with Crippen molar-refractivity contribution in [3.8, 4) is 11.5 Å². The van der Waals surface area contributed by atoms with Crippen LogP contribution in [0, 0.1) is 12.7 Å². The number of hydrogen-bond donors (Lipinski definition) is 0. The number of thiazole rings is 1. The Bertz CT molecular complexity index is 525. The highest BCUT2D eigenvalue weighted by molar-refractivity contribution is 7.18. The molecule has 0 atom stereocenters. The third-order valence-corrected chi connectivity index (χ3v) is 3.05. The van der Waals surface area contributed by atoms with Gasteiger partial charge in [0.15, 0.2) is 11.6 Å². The van der Waals surface area contributed by atoms with Crippen LogP contribution in [-0.4, -0.2) is 19.2 Å². The van der Waals surface area contributed by atoms with Gasteiger partial charge in [0, 0.05) is 6.07 Å². The zero-order chi connectivity index (χ0) is 13.7. The molecule has 0 amide bonds. The first-order valence-corrected chi connectivity index (χ1v) is 6.58. The lowest BCUT2D eigenvalue weighted by Crippen LogP contribution is -1.92. The molecule has 0 unspecified atom stereocenters. The van der Waals surface area contributed by atoms with Crippen molar-refractivity contribution in [3.05, 3.63) is 16.9 Å². The van der Waals surface area contributed by atoms with Crippen molar-refractivity contribution < 1.29 is 13.9 Å². The predicted octanol–water partition coefficient (Wildman–Crippen LogP) is 4.18. The van der Waals surface area contributed by atoms with Crippen molar-refractivity contribution in [3.63, 3.8) is 0 Å². The topological polar surface area (TPSA) is 31.4 Å². The van der Waals surface area contributed by atoms with E-state index in [1.165, 1.54) is 38.0 Å². The number of aromatic nitrogens is 1. The Morgan fingerprint density at radius 1 is 1.22 bits per heavy atom. The van der Waals surface area contributed by atoms with Crippen molar-refractivity contribution >= 4 is 21.6 Å². The van der Waals surface area contributed by atoms with Crippen molar-refractivity contribution in [2.75, 3.05) is 14.2 Å². The van der Waals surface area contributed by atoms with Crippen LogP contribution in [0.4, 0.5) is 4.39 Å². The number of fused-ring (bicyclic) bond motifs is 1. The summed E-state index contributed by atoms with van der Waals surface area (Å²) in [5.74, 6) is 0.342. The molecule has 0 radical (unpaired) electrons. The molecule has 3 nitrogen and oxygen atoms in total. The van der Waals surface area contributed by atoms with E-state index in [0.717, 1.165) is 5.01 Å². The van der Waals surface area contributed by atoms with E-state index in [0.29, 0.717) is 16.0 Å². The Morgan fingerprint density at radius 2 is 1.78 bits per heavy atom. The zero-order valence-corrected chi connectivity index (χ0v) is 12.2. The summed E-state index contributed by atoms with van der Waals surface area (Å²) in [6, 6.07) is 1.51. The summed E-state index contributed by atoms with van der Waals surface area (Å²) >= 11 is 1.29. The van der Waals surface area contributed by atoms with E-state index in [4.69, 9.17) is 9.47 Å². The number of hydrogen-bond acceptors (Lipinski definition) is 4. The van der Waals surface area contributed by atoms with E-state index in [1.54, 1.807) is 0 Å². The molecule has 0 spiro atoms. The van der Waals surface area contributed by atoms with Crippen LogP contribution >= 0.6 is 11.3 Å². The molecule has 2 aromatic rings. The largest absolute Gasteiger partial charge is 0.494 e. The second-order valence-electron chi connectivity index (χ2n) is 3.71. The van der Waals surface area contributed by atoms with Crippen LogP contribution < -0.4 is 9.47 Å². The lowest BCUT2D eigenvalue weighted by molar-refractivity contribution is 0.378. The van der Waals surface area contributed by atoms with E-state index in [2.05, 4.69) is 18.8 Å². The second kappa shape index (κ2) is 6.54. The van der Waals surface area contributed by atoms with Gasteiger partial charge in [0.05, 0.1) is 23.9 Å². The van der Waals surface area contributed by atoms with Gasteiger partial charge in [0.1, 0.15) is 11.3 Å². The lowest BCUT2D eigenvalue weighted by atomic mass is 10.3. The van der Waals surface area contributed by atoms with Crippen LogP contribution in [0.2, 0.25) is 0 Å². The van der Waals surface area contributed by atoms with Crippen LogP contribution in [0.15, 0.2) is 6.07 Å².